The van der Waals surface area contributed by atoms with E-state index in [1.165, 1.54) is 5.56 Å². The molecular weight excluding hydrogens is 334 g/mol. The topological polar surface area (TPSA) is 35.2 Å². The lowest BCUT2D eigenvalue weighted by Gasteiger charge is -2.10. The number of rotatable bonds is 4. The molecule has 0 heterocycles. The Balaban J connectivity index is 2.19. The molecule has 2 rings (SSSR count). The van der Waals surface area contributed by atoms with E-state index in [1.54, 1.807) is 0 Å². The van der Waals surface area contributed by atoms with E-state index in [0.717, 1.165) is 21.5 Å². The first-order chi connectivity index (χ1) is 9.47. The van der Waals surface area contributed by atoms with Crippen molar-refractivity contribution in [3.05, 3.63) is 58.1 Å². The Bertz CT molecular complexity index is 623. The summed E-state index contributed by atoms with van der Waals surface area (Å²) in [5.41, 5.74) is 7.71. The molecule has 0 spiro atoms. The van der Waals surface area contributed by atoms with Crippen LogP contribution in [0.1, 0.15) is 30.9 Å². The number of halogens is 1. The molecule has 2 aromatic rings. The van der Waals surface area contributed by atoms with E-state index in [4.69, 9.17) is 22.7 Å². The van der Waals surface area contributed by atoms with Crippen LogP contribution in [0.25, 0.3) is 0 Å². The quantitative estimate of drug-likeness (QED) is 0.788. The number of hydrogen-bond donors (Lipinski definition) is 1. The second-order valence-electron chi connectivity index (χ2n) is 4.84. The van der Waals surface area contributed by atoms with Crippen LogP contribution in [0.5, 0.6) is 11.5 Å². The van der Waals surface area contributed by atoms with Crippen LogP contribution in [0.4, 0.5) is 0 Å². The molecule has 0 aliphatic carbocycles. The summed E-state index contributed by atoms with van der Waals surface area (Å²) in [4.78, 5) is 0.374. The highest BCUT2D eigenvalue weighted by molar-refractivity contribution is 9.10. The summed E-state index contributed by atoms with van der Waals surface area (Å²) in [5, 5.41) is 0. The van der Waals surface area contributed by atoms with Crippen LogP contribution >= 0.6 is 28.1 Å². The van der Waals surface area contributed by atoms with Crippen molar-refractivity contribution in [2.75, 3.05) is 0 Å². The molecule has 2 aromatic carbocycles. The molecule has 0 bridgehead atoms. The Labute approximate surface area is 133 Å². The molecule has 0 aliphatic rings. The Kier molecular flexibility index (Phi) is 4.78. The number of ether oxygens (including phenoxy) is 1. The third kappa shape index (κ3) is 3.58. The van der Waals surface area contributed by atoms with Gasteiger partial charge in [0.2, 0.25) is 0 Å². The first kappa shape index (κ1) is 15.0. The van der Waals surface area contributed by atoms with Gasteiger partial charge < -0.3 is 10.5 Å². The third-order valence-corrected chi connectivity index (χ3v) is 3.85. The Hall–Kier alpha value is -1.39. The first-order valence-electron chi connectivity index (χ1n) is 6.34. The second kappa shape index (κ2) is 6.37. The maximum atomic E-state index is 5.85. The fourth-order valence-electron chi connectivity index (χ4n) is 1.78. The molecule has 0 aromatic heterocycles. The lowest BCUT2D eigenvalue weighted by molar-refractivity contribution is 0.479. The van der Waals surface area contributed by atoms with E-state index in [0.29, 0.717) is 10.9 Å². The summed E-state index contributed by atoms with van der Waals surface area (Å²) in [6, 6.07) is 13.7. The maximum Gasteiger partial charge on any atom is 0.141 e. The van der Waals surface area contributed by atoms with Gasteiger partial charge in [-0.15, -0.1) is 0 Å². The predicted molar refractivity (Wildman–Crippen MR) is 90.6 cm³/mol. The van der Waals surface area contributed by atoms with E-state index in [-0.39, 0.29) is 0 Å². The van der Waals surface area contributed by atoms with Gasteiger partial charge in [0.1, 0.15) is 16.5 Å². The molecule has 0 unspecified atom stereocenters. The van der Waals surface area contributed by atoms with Crippen LogP contribution in [0.2, 0.25) is 0 Å². The minimum absolute atomic E-state index is 0.374. The van der Waals surface area contributed by atoms with Crippen LogP contribution in [0.3, 0.4) is 0 Å². The van der Waals surface area contributed by atoms with Crippen molar-refractivity contribution >= 4 is 33.1 Å². The van der Waals surface area contributed by atoms with Gasteiger partial charge in [-0.25, -0.2) is 0 Å². The summed E-state index contributed by atoms with van der Waals surface area (Å²) in [6.07, 6.45) is 0. The lowest BCUT2D eigenvalue weighted by atomic mass is 10.0. The van der Waals surface area contributed by atoms with E-state index < -0.39 is 0 Å². The molecule has 0 fully saturated rings. The molecule has 0 saturated carbocycles. The Morgan fingerprint density at radius 2 is 1.80 bits per heavy atom. The molecule has 0 saturated heterocycles. The molecule has 104 valence electrons. The largest absolute Gasteiger partial charge is 0.456 e. The van der Waals surface area contributed by atoms with Crippen molar-refractivity contribution in [3.8, 4) is 11.5 Å². The molecule has 2 nitrogen and oxygen atoms in total. The van der Waals surface area contributed by atoms with Gasteiger partial charge in [-0.05, 0) is 57.7 Å². The van der Waals surface area contributed by atoms with E-state index in [9.17, 15) is 0 Å². The minimum Gasteiger partial charge on any atom is -0.456 e. The SMILES string of the molecule is CC(C)c1ccc(Oc2ccc(C(N)=S)cc2Br)cc1. The van der Waals surface area contributed by atoms with Gasteiger partial charge in [0.05, 0.1) is 4.47 Å². The van der Waals surface area contributed by atoms with Gasteiger partial charge in [0.25, 0.3) is 0 Å². The minimum atomic E-state index is 0.374. The number of benzene rings is 2. The smallest absolute Gasteiger partial charge is 0.141 e. The van der Waals surface area contributed by atoms with Gasteiger partial charge in [0, 0.05) is 5.56 Å². The summed E-state index contributed by atoms with van der Waals surface area (Å²) in [6.45, 7) is 4.34. The molecule has 4 heteroatoms. The highest BCUT2D eigenvalue weighted by atomic mass is 79.9. The Morgan fingerprint density at radius 1 is 1.15 bits per heavy atom. The van der Waals surface area contributed by atoms with Crippen LogP contribution in [-0.2, 0) is 0 Å². The average molecular weight is 350 g/mol. The van der Waals surface area contributed by atoms with Crippen LogP contribution in [-0.4, -0.2) is 4.99 Å². The monoisotopic (exact) mass is 349 g/mol. The highest BCUT2D eigenvalue weighted by Gasteiger charge is 2.06. The summed E-state index contributed by atoms with van der Waals surface area (Å²) >= 11 is 8.42. The summed E-state index contributed by atoms with van der Waals surface area (Å²) < 4.78 is 6.68. The Morgan fingerprint density at radius 3 is 2.30 bits per heavy atom. The van der Waals surface area contributed by atoms with Gasteiger partial charge in [0.15, 0.2) is 0 Å². The zero-order valence-electron chi connectivity index (χ0n) is 11.4. The standard InChI is InChI=1S/C16H16BrNOS/c1-10(2)11-3-6-13(7-4-11)19-15-8-5-12(16(18)20)9-14(15)17/h3-10H,1-2H3,(H2,18,20). The molecule has 20 heavy (non-hydrogen) atoms. The van der Waals surface area contributed by atoms with Crippen molar-refractivity contribution in [2.24, 2.45) is 5.73 Å². The van der Waals surface area contributed by atoms with Crippen LogP contribution in [0.15, 0.2) is 46.9 Å². The predicted octanol–water partition coefficient (Wildman–Crippen LogP) is 5.00. The van der Waals surface area contributed by atoms with Gasteiger partial charge >= 0.3 is 0 Å². The third-order valence-electron chi connectivity index (χ3n) is 2.99. The fourth-order valence-corrected chi connectivity index (χ4v) is 2.37. The average Bonchev–Trinajstić information content (AvgIpc) is 2.41. The van der Waals surface area contributed by atoms with E-state index >= 15 is 0 Å². The van der Waals surface area contributed by atoms with Crippen molar-refractivity contribution < 1.29 is 4.74 Å². The van der Waals surface area contributed by atoms with Crippen LogP contribution < -0.4 is 10.5 Å². The van der Waals surface area contributed by atoms with Gasteiger partial charge in [-0.2, -0.15) is 0 Å². The zero-order valence-corrected chi connectivity index (χ0v) is 13.8. The van der Waals surface area contributed by atoms with E-state index in [2.05, 4.69) is 41.9 Å². The van der Waals surface area contributed by atoms with Gasteiger partial charge in [-0.1, -0.05) is 38.2 Å². The lowest BCUT2D eigenvalue weighted by Crippen LogP contribution is -2.08. The van der Waals surface area contributed by atoms with Crippen molar-refractivity contribution in [3.63, 3.8) is 0 Å². The van der Waals surface area contributed by atoms with Crippen molar-refractivity contribution in [1.82, 2.24) is 0 Å². The normalized spacial score (nSPS) is 10.6. The summed E-state index contributed by atoms with van der Waals surface area (Å²) in [5.74, 6) is 2.06. The molecule has 0 aliphatic heterocycles. The molecule has 0 amide bonds. The van der Waals surface area contributed by atoms with Crippen molar-refractivity contribution in [2.45, 2.75) is 19.8 Å². The number of hydrogen-bond acceptors (Lipinski definition) is 2. The second-order valence-corrected chi connectivity index (χ2v) is 6.13. The fraction of sp³-hybridized carbons (Fsp3) is 0.188. The van der Waals surface area contributed by atoms with Crippen molar-refractivity contribution in [1.29, 1.82) is 0 Å². The highest BCUT2D eigenvalue weighted by Crippen LogP contribution is 2.31. The molecule has 2 N–H and O–H groups in total. The molecular formula is C16H16BrNOS. The first-order valence-corrected chi connectivity index (χ1v) is 7.54. The number of nitrogens with two attached hydrogens (primary N) is 1. The maximum absolute atomic E-state index is 5.85. The number of thiocarbonyl (C=S) groups is 1. The molecule has 0 radical (unpaired) electrons. The zero-order chi connectivity index (χ0) is 14.7. The van der Waals surface area contributed by atoms with E-state index in [1.807, 2.05) is 30.3 Å². The van der Waals surface area contributed by atoms with Gasteiger partial charge in [-0.3, -0.25) is 0 Å². The molecule has 0 atom stereocenters. The van der Waals surface area contributed by atoms with Crippen LogP contribution in [0, 0.1) is 0 Å². The summed E-state index contributed by atoms with van der Waals surface area (Å²) in [7, 11) is 0.